The van der Waals surface area contributed by atoms with Crippen LogP contribution in [0.4, 0.5) is 5.82 Å². The number of anilines is 1. The van der Waals surface area contributed by atoms with Crippen LogP contribution in [0.25, 0.3) is 0 Å². The van der Waals surface area contributed by atoms with Crippen molar-refractivity contribution >= 4 is 11.7 Å². The van der Waals surface area contributed by atoms with Gasteiger partial charge in [-0.25, -0.2) is 9.97 Å². The number of morpholine rings is 1. The predicted octanol–water partition coefficient (Wildman–Crippen LogP) is -0.353. The number of carbonyl (C=O) groups excluding carboxylic acids is 1. The van der Waals surface area contributed by atoms with Crippen LogP contribution in [-0.4, -0.2) is 77.9 Å². The molecule has 1 aromatic heterocycles. The third-order valence-electron chi connectivity index (χ3n) is 4.92. The molecule has 0 unspecified atom stereocenters. The molecule has 25 heavy (non-hydrogen) atoms. The molecule has 0 radical (unpaired) electrons. The molecular weight excluding hydrogens is 322 g/mol. The Hall–Kier alpha value is -1.77. The van der Waals surface area contributed by atoms with E-state index in [2.05, 4.69) is 20.9 Å². The molecule has 2 fully saturated rings. The van der Waals surface area contributed by atoms with Gasteiger partial charge < -0.3 is 25.4 Å². The van der Waals surface area contributed by atoms with Crippen molar-refractivity contribution in [1.82, 2.24) is 14.9 Å². The molecule has 3 N–H and O–H groups in total. The first-order chi connectivity index (χ1) is 12.1. The summed E-state index contributed by atoms with van der Waals surface area (Å²) in [6.45, 7) is 6.05. The summed E-state index contributed by atoms with van der Waals surface area (Å²) >= 11 is 0. The van der Waals surface area contributed by atoms with E-state index in [-0.39, 0.29) is 12.5 Å². The van der Waals surface area contributed by atoms with Crippen molar-refractivity contribution in [1.29, 1.82) is 0 Å². The van der Waals surface area contributed by atoms with Crippen molar-refractivity contribution in [3.8, 4) is 0 Å². The topological polar surface area (TPSA) is 105 Å². The molecule has 2 aliphatic rings. The van der Waals surface area contributed by atoms with E-state index in [1.807, 2.05) is 6.92 Å². The minimum Gasteiger partial charge on any atom is -0.394 e. The highest BCUT2D eigenvalue weighted by Crippen LogP contribution is 2.29. The van der Waals surface area contributed by atoms with E-state index in [1.54, 1.807) is 4.90 Å². The third kappa shape index (κ3) is 4.26. The molecule has 1 amide bonds. The van der Waals surface area contributed by atoms with E-state index in [0.29, 0.717) is 19.0 Å². The molecule has 2 saturated heterocycles. The second-order valence-electron chi connectivity index (χ2n) is 6.69. The van der Waals surface area contributed by atoms with Gasteiger partial charge in [0.15, 0.2) is 0 Å². The SMILES string of the molecule is Cc1nc(C2CCN(C(=O)[C@@H](N)CO)CC2)cc(N2CCOCC2)n1. The van der Waals surface area contributed by atoms with E-state index >= 15 is 0 Å². The number of hydrogen-bond acceptors (Lipinski definition) is 7. The lowest BCUT2D eigenvalue weighted by Gasteiger charge is -2.33. The summed E-state index contributed by atoms with van der Waals surface area (Å²) < 4.78 is 5.41. The average Bonchev–Trinajstić information content (AvgIpc) is 2.67. The Labute approximate surface area is 148 Å². The lowest BCUT2D eigenvalue weighted by Crippen LogP contribution is -2.48. The van der Waals surface area contributed by atoms with E-state index in [9.17, 15) is 4.79 Å². The number of piperidine rings is 1. The first-order valence-electron chi connectivity index (χ1n) is 8.92. The zero-order chi connectivity index (χ0) is 17.8. The highest BCUT2D eigenvalue weighted by atomic mass is 16.5. The number of nitrogens with zero attached hydrogens (tertiary/aromatic N) is 4. The molecule has 1 atom stereocenters. The molecule has 1 aromatic rings. The van der Waals surface area contributed by atoms with Crippen molar-refractivity contribution in [2.24, 2.45) is 5.73 Å². The highest BCUT2D eigenvalue weighted by molar-refractivity contribution is 5.81. The second-order valence-corrected chi connectivity index (χ2v) is 6.69. The average molecular weight is 349 g/mol. The van der Waals surface area contributed by atoms with Gasteiger partial charge in [0, 0.05) is 43.9 Å². The van der Waals surface area contributed by atoms with Crippen LogP contribution in [0, 0.1) is 6.92 Å². The van der Waals surface area contributed by atoms with Gasteiger partial charge in [-0.3, -0.25) is 4.79 Å². The summed E-state index contributed by atoms with van der Waals surface area (Å²) in [5, 5.41) is 9.05. The first-order valence-corrected chi connectivity index (χ1v) is 8.92. The van der Waals surface area contributed by atoms with Gasteiger partial charge in [0.05, 0.1) is 19.8 Å². The van der Waals surface area contributed by atoms with E-state index in [0.717, 1.165) is 56.5 Å². The minimum atomic E-state index is -0.814. The third-order valence-corrected chi connectivity index (χ3v) is 4.92. The lowest BCUT2D eigenvalue weighted by atomic mass is 9.92. The van der Waals surface area contributed by atoms with Crippen LogP contribution in [-0.2, 0) is 9.53 Å². The molecule has 0 aliphatic carbocycles. The molecule has 8 heteroatoms. The summed E-state index contributed by atoms with van der Waals surface area (Å²) in [6, 6.07) is 1.27. The number of likely N-dealkylation sites (tertiary alicyclic amines) is 1. The van der Waals surface area contributed by atoms with Crippen LogP contribution in [0.3, 0.4) is 0 Å². The summed E-state index contributed by atoms with van der Waals surface area (Å²) in [5.41, 5.74) is 6.69. The van der Waals surface area contributed by atoms with Gasteiger partial charge in [0.2, 0.25) is 5.91 Å². The Morgan fingerprint density at radius 2 is 2.00 bits per heavy atom. The Morgan fingerprint density at radius 3 is 2.64 bits per heavy atom. The fourth-order valence-corrected chi connectivity index (χ4v) is 3.45. The number of hydrogen-bond donors (Lipinski definition) is 2. The smallest absolute Gasteiger partial charge is 0.241 e. The Balaban J connectivity index is 1.66. The Morgan fingerprint density at radius 1 is 1.32 bits per heavy atom. The van der Waals surface area contributed by atoms with Crippen molar-refractivity contribution in [3.63, 3.8) is 0 Å². The monoisotopic (exact) mass is 349 g/mol. The number of ether oxygens (including phenoxy) is 1. The van der Waals surface area contributed by atoms with Gasteiger partial charge in [-0.1, -0.05) is 0 Å². The van der Waals surface area contributed by atoms with Crippen molar-refractivity contribution in [2.75, 3.05) is 50.9 Å². The quantitative estimate of drug-likeness (QED) is 0.765. The zero-order valence-corrected chi connectivity index (χ0v) is 14.7. The maximum atomic E-state index is 12.1. The number of aliphatic hydroxyl groups is 1. The summed E-state index contributed by atoms with van der Waals surface area (Å²) in [7, 11) is 0. The number of aryl methyl sites for hydroxylation is 1. The van der Waals surface area contributed by atoms with Gasteiger partial charge in [-0.05, 0) is 19.8 Å². The van der Waals surface area contributed by atoms with Crippen molar-refractivity contribution in [3.05, 3.63) is 17.6 Å². The fourth-order valence-electron chi connectivity index (χ4n) is 3.45. The molecule has 3 rings (SSSR count). The summed E-state index contributed by atoms with van der Waals surface area (Å²) in [5.74, 6) is 1.89. The molecule has 138 valence electrons. The number of nitrogens with two attached hydrogens (primary N) is 1. The van der Waals surface area contributed by atoms with Gasteiger partial charge >= 0.3 is 0 Å². The Bertz CT molecular complexity index is 598. The normalized spacial score (nSPS) is 20.6. The number of aromatic nitrogens is 2. The van der Waals surface area contributed by atoms with Crippen LogP contribution in [0.2, 0.25) is 0 Å². The molecule has 0 spiro atoms. The van der Waals surface area contributed by atoms with Crippen LogP contribution in [0.1, 0.15) is 30.3 Å². The Kier molecular flexibility index (Phi) is 5.82. The molecule has 3 heterocycles. The van der Waals surface area contributed by atoms with Crippen molar-refractivity contribution < 1.29 is 14.6 Å². The largest absolute Gasteiger partial charge is 0.394 e. The number of aliphatic hydroxyl groups excluding tert-OH is 1. The minimum absolute atomic E-state index is 0.172. The first kappa shape index (κ1) is 18.0. The standard InChI is InChI=1S/C17H27N5O3/c1-12-19-15(10-16(20-12)21-6-8-25-9-7-21)13-2-4-22(5-3-13)17(24)14(18)11-23/h10,13-14,23H,2-9,11,18H2,1H3/t14-/m0/s1. The molecule has 0 saturated carbocycles. The molecule has 8 nitrogen and oxygen atoms in total. The van der Waals surface area contributed by atoms with Gasteiger partial charge in [0.1, 0.15) is 17.7 Å². The van der Waals surface area contributed by atoms with Crippen LogP contribution in [0.15, 0.2) is 6.07 Å². The van der Waals surface area contributed by atoms with Gasteiger partial charge in [0.25, 0.3) is 0 Å². The van der Waals surface area contributed by atoms with Crippen molar-refractivity contribution in [2.45, 2.75) is 31.7 Å². The summed E-state index contributed by atoms with van der Waals surface area (Å²) in [6.07, 6.45) is 1.70. The van der Waals surface area contributed by atoms with Gasteiger partial charge in [-0.15, -0.1) is 0 Å². The molecule has 2 aliphatic heterocycles. The molecule has 0 aromatic carbocycles. The number of amides is 1. The lowest BCUT2D eigenvalue weighted by molar-refractivity contribution is -0.134. The van der Waals surface area contributed by atoms with Gasteiger partial charge in [-0.2, -0.15) is 0 Å². The maximum absolute atomic E-state index is 12.1. The summed E-state index contributed by atoms with van der Waals surface area (Å²) in [4.78, 5) is 25.3. The highest BCUT2D eigenvalue weighted by Gasteiger charge is 2.28. The van der Waals surface area contributed by atoms with Crippen LogP contribution >= 0.6 is 0 Å². The molecular formula is C17H27N5O3. The van der Waals surface area contributed by atoms with Crippen LogP contribution < -0.4 is 10.6 Å². The number of carbonyl (C=O) groups is 1. The molecule has 0 bridgehead atoms. The van der Waals surface area contributed by atoms with E-state index in [1.165, 1.54) is 0 Å². The maximum Gasteiger partial charge on any atom is 0.241 e. The zero-order valence-electron chi connectivity index (χ0n) is 14.7. The second kappa shape index (κ2) is 8.07. The van der Waals surface area contributed by atoms with E-state index in [4.69, 9.17) is 15.6 Å². The van der Waals surface area contributed by atoms with E-state index < -0.39 is 6.04 Å². The van der Waals surface area contributed by atoms with Crippen LogP contribution in [0.5, 0.6) is 0 Å². The predicted molar refractivity (Wildman–Crippen MR) is 93.4 cm³/mol. The number of rotatable bonds is 4. The fraction of sp³-hybridized carbons (Fsp3) is 0.706.